The molecule has 2 N–H and O–H groups in total. The van der Waals surface area contributed by atoms with Crippen molar-refractivity contribution < 1.29 is 4.74 Å². The molecule has 1 unspecified atom stereocenters. The van der Waals surface area contributed by atoms with Gasteiger partial charge in [-0.25, -0.2) is 0 Å². The van der Waals surface area contributed by atoms with E-state index in [-0.39, 0.29) is 0 Å². The van der Waals surface area contributed by atoms with Crippen LogP contribution in [0.1, 0.15) is 39.5 Å². The van der Waals surface area contributed by atoms with Crippen LogP contribution in [0.3, 0.4) is 0 Å². The SMILES string of the molecule is CCOc1cc(N2CCCCCC2C)ccc1N. The van der Waals surface area contributed by atoms with Gasteiger partial charge in [-0.1, -0.05) is 12.8 Å². The molecule has 0 aromatic heterocycles. The summed E-state index contributed by atoms with van der Waals surface area (Å²) in [6, 6.07) is 6.75. The summed E-state index contributed by atoms with van der Waals surface area (Å²) < 4.78 is 5.58. The number of anilines is 2. The maximum atomic E-state index is 5.93. The van der Waals surface area contributed by atoms with Crippen molar-refractivity contribution >= 4 is 11.4 Å². The molecule has 1 aliphatic heterocycles. The normalized spacial score (nSPS) is 20.6. The Balaban J connectivity index is 2.23. The lowest BCUT2D eigenvalue weighted by Gasteiger charge is -2.30. The van der Waals surface area contributed by atoms with Crippen LogP contribution in [0.2, 0.25) is 0 Å². The van der Waals surface area contributed by atoms with Crippen LogP contribution in [0, 0.1) is 0 Å². The van der Waals surface area contributed by atoms with Crippen molar-refractivity contribution in [2.24, 2.45) is 0 Å². The van der Waals surface area contributed by atoms with E-state index in [0.717, 1.165) is 18.0 Å². The molecule has 0 saturated carbocycles. The molecule has 3 nitrogen and oxygen atoms in total. The zero-order valence-corrected chi connectivity index (χ0v) is 11.5. The Bertz CT molecular complexity index is 392. The van der Waals surface area contributed by atoms with Gasteiger partial charge in [-0.3, -0.25) is 0 Å². The molecular formula is C15H24N2O. The van der Waals surface area contributed by atoms with Crippen LogP contribution in [-0.4, -0.2) is 19.2 Å². The first-order valence-electron chi connectivity index (χ1n) is 7.01. The van der Waals surface area contributed by atoms with Crippen LogP contribution in [0.25, 0.3) is 0 Å². The lowest BCUT2D eigenvalue weighted by atomic mass is 10.1. The van der Waals surface area contributed by atoms with E-state index in [2.05, 4.69) is 24.0 Å². The summed E-state index contributed by atoms with van der Waals surface area (Å²) >= 11 is 0. The molecule has 2 rings (SSSR count). The van der Waals surface area contributed by atoms with Gasteiger partial charge < -0.3 is 15.4 Å². The summed E-state index contributed by atoms with van der Waals surface area (Å²) in [5, 5.41) is 0. The molecule has 1 atom stereocenters. The Morgan fingerprint density at radius 2 is 2.17 bits per heavy atom. The Hall–Kier alpha value is -1.38. The van der Waals surface area contributed by atoms with Gasteiger partial charge in [0.1, 0.15) is 5.75 Å². The van der Waals surface area contributed by atoms with Gasteiger partial charge in [0.05, 0.1) is 12.3 Å². The van der Waals surface area contributed by atoms with E-state index in [1.165, 1.54) is 31.4 Å². The number of hydrogen-bond acceptors (Lipinski definition) is 3. The smallest absolute Gasteiger partial charge is 0.144 e. The monoisotopic (exact) mass is 248 g/mol. The zero-order chi connectivity index (χ0) is 13.0. The van der Waals surface area contributed by atoms with Crippen LogP contribution < -0.4 is 15.4 Å². The van der Waals surface area contributed by atoms with Crippen molar-refractivity contribution in [2.45, 2.75) is 45.6 Å². The van der Waals surface area contributed by atoms with Crippen LogP contribution in [0.4, 0.5) is 11.4 Å². The largest absolute Gasteiger partial charge is 0.492 e. The van der Waals surface area contributed by atoms with E-state index in [0.29, 0.717) is 12.6 Å². The van der Waals surface area contributed by atoms with E-state index >= 15 is 0 Å². The number of nitrogens with two attached hydrogens (primary N) is 1. The van der Waals surface area contributed by atoms with E-state index in [9.17, 15) is 0 Å². The molecule has 1 aromatic carbocycles. The third-order valence-corrected chi connectivity index (χ3v) is 3.68. The molecule has 1 fully saturated rings. The highest BCUT2D eigenvalue weighted by Crippen LogP contribution is 2.31. The summed E-state index contributed by atoms with van der Waals surface area (Å²) in [5.74, 6) is 0.812. The second-order valence-electron chi connectivity index (χ2n) is 5.05. The van der Waals surface area contributed by atoms with Crippen LogP contribution in [-0.2, 0) is 0 Å². The molecule has 0 amide bonds. The van der Waals surface area contributed by atoms with Gasteiger partial charge in [0.15, 0.2) is 0 Å². The van der Waals surface area contributed by atoms with Gasteiger partial charge in [0.25, 0.3) is 0 Å². The first-order valence-corrected chi connectivity index (χ1v) is 7.01. The first-order chi connectivity index (χ1) is 8.72. The Labute approximate surface area is 110 Å². The van der Waals surface area contributed by atoms with Gasteiger partial charge >= 0.3 is 0 Å². The zero-order valence-electron chi connectivity index (χ0n) is 11.5. The molecule has 100 valence electrons. The lowest BCUT2D eigenvalue weighted by molar-refractivity contribution is 0.342. The highest BCUT2D eigenvalue weighted by molar-refractivity contribution is 5.62. The number of ether oxygens (including phenoxy) is 1. The van der Waals surface area contributed by atoms with Gasteiger partial charge in [-0.2, -0.15) is 0 Å². The Morgan fingerprint density at radius 3 is 2.94 bits per heavy atom. The molecule has 18 heavy (non-hydrogen) atoms. The molecule has 3 heteroatoms. The van der Waals surface area contributed by atoms with Gasteiger partial charge in [-0.05, 0) is 38.8 Å². The fraction of sp³-hybridized carbons (Fsp3) is 0.600. The van der Waals surface area contributed by atoms with Gasteiger partial charge in [0, 0.05) is 24.3 Å². The molecule has 1 saturated heterocycles. The predicted octanol–water partition coefficient (Wildman–Crippen LogP) is 3.44. The van der Waals surface area contributed by atoms with Gasteiger partial charge in [0.2, 0.25) is 0 Å². The summed E-state index contributed by atoms with van der Waals surface area (Å²) in [6.45, 7) is 6.09. The number of benzene rings is 1. The Morgan fingerprint density at radius 1 is 1.33 bits per heavy atom. The lowest BCUT2D eigenvalue weighted by Crippen LogP contribution is -2.32. The molecule has 1 aromatic rings. The van der Waals surface area contributed by atoms with E-state index in [1.807, 2.05) is 13.0 Å². The first kappa shape index (κ1) is 13.1. The molecule has 0 radical (unpaired) electrons. The molecule has 0 bridgehead atoms. The van der Waals surface area contributed by atoms with Crippen LogP contribution in [0.5, 0.6) is 5.75 Å². The van der Waals surface area contributed by atoms with E-state index in [1.54, 1.807) is 0 Å². The number of nitrogen functional groups attached to an aromatic ring is 1. The maximum absolute atomic E-state index is 5.93. The molecule has 0 spiro atoms. The van der Waals surface area contributed by atoms with Gasteiger partial charge in [-0.15, -0.1) is 0 Å². The Kier molecular flexibility index (Phi) is 4.34. The quantitative estimate of drug-likeness (QED) is 0.833. The third kappa shape index (κ3) is 2.89. The average Bonchev–Trinajstić information content (AvgIpc) is 2.57. The topological polar surface area (TPSA) is 38.5 Å². The van der Waals surface area contributed by atoms with Crippen molar-refractivity contribution in [3.8, 4) is 5.75 Å². The fourth-order valence-electron chi connectivity index (χ4n) is 2.64. The van der Waals surface area contributed by atoms with E-state index in [4.69, 9.17) is 10.5 Å². The standard InChI is InChI=1S/C15H24N2O/c1-3-18-15-11-13(8-9-14(15)16)17-10-6-4-5-7-12(17)2/h8-9,11-12H,3-7,10,16H2,1-2H3. The minimum atomic E-state index is 0.602. The van der Waals surface area contributed by atoms with Crippen LogP contribution >= 0.6 is 0 Å². The van der Waals surface area contributed by atoms with Crippen molar-refractivity contribution in [3.05, 3.63) is 18.2 Å². The molecular weight excluding hydrogens is 224 g/mol. The van der Waals surface area contributed by atoms with Crippen LogP contribution in [0.15, 0.2) is 18.2 Å². The second-order valence-corrected chi connectivity index (χ2v) is 5.05. The number of rotatable bonds is 3. The average molecular weight is 248 g/mol. The molecule has 0 aliphatic carbocycles. The highest BCUT2D eigenvalue weighted by Gasteiger charge is 2.18. The van der Waals surface area contributed by atoms with Crippen molar-refractivity contribution in [2.75, 3.05) is 23.8 Å². The maximum Gasteiger partial charge on any atom is 0.144 e. The minimum absolute atomic E-state index is 0.602. The highest BCUT2D eigenvalue weighted by atomic mass is 16.5. The van der Waals surface area contributed by atoms with Crippen molar-refractivity contribution in [1.29, 1.82) is 0 Å². The summed E-state index contributed by atoms with van der Waals surface area (Å²) in [4.78, 5) is 2.48. The van der Waals surface area contributed by atoms with Crippen molar-refractivity contribution in [3.63, 3.8) is 0 Å². The predicted molar refractivity (Wildman–Crippen MR) is 77.3 cm³/mol. The summed E-state index contributed by atoms with van der Waals surface area (Å²) in [6.07, 6.45) is 5.23. The molecule has 1 aliphatic rings. The minimum Gasteiger partial charge on any atom is -0.492 e. The third-order valence-electron chi connectivity index (χ3n) is 3.68. The number of hydrogen-bond donors (Lipinski definition) is 1. The van der Waals surface area contributed by atoms with Crippen molar-refractivity contribution in [1.82, 2.24) is 0 Å². The number of nitrogens with zero attached hydrogens (tertiary/aromatic N) is 1. The summed E-state index contributed by atoms with van der Waals surface area (Å²) in [7, 11) is 0. The fourth-order valence-corrected chi connectivity index (χ4v) is 2.64. The van der Waals surface area contributed by atoms with E-state index < -0.39 is 0 Å². The second kappa shape index (κ2) is 5.98. The summed E-state index contributed by atoms with van der Waals surface area (Å²) in [5.41, 5.74) is 7.89. The molecule has 1 heterocycles.